The smallest absolute Gasteiger partial charge is 0.326 e. The van der Waals surface area contributed by atoms with Gasteiger partial charge in [-0.3, -0.25) is 14.4 Å². The van der Waals surface area contributed by atoms with Gasteiger partial charge in [0.1, 0.15) is 24.2 Å². The highest BCUT2D eigenvalue weighted by Crippen LogP contribution is 2.09. The molecule has 0 aromatic heterocycles. The van der Waals surface area contributed by atoms with Crippen molar-refractivity contribution in [2.24, 2.45) is 17.4 Å². The fraction of sp³-hybridized carbons (Fsp3) is 0.800. The van der Waals surface area contributed by atoms with Crippen LogP contribution >= 0.6 is 0 Å². The van der Waals surface area contributed by atoms with Crippen LogP contribution in [0.5, 0.6) is 0 Å². The molecular formula is C20H39N5O7. The van der Waals surface area contributed by atoms with E-state index in [0.717, 1.165) is 0 Å². The number of aliphatic hydroxyl groups excluding tert-OH is 2. The maximum absolute atomic E-state index is 12.8. The van der Waals surface area contributed by atoms with E-state index < -0.39 is 60.1 Å². The molecule has 0 saturated carbocycles. The van der Waals surface area contributed by atoms with E-state index in [9.17, 15) is 34.5 Å². The lowest BCUT2D eigenvalue weighted by Gasteiger charge is -2.28. The number of aliphatic hydroxyl groups is 2. The molecule has 0 rings (SSSR count). The molecule has 0 aliphatic carbocycles. The van der Waals surface area contributed by atoms with E-state index in [-0.39, 0.29) is 12.3 Å². The maximum Gasteiger partial charge on any atom is 0.326 e. The number of carbonyl (C=O) groups is 4. The summed E-state index contributed by atoms with van der Waals surface area (Å²) in [7, 11) is 0. The van der Waals surface area contributed by atoms with Gasteiger partial charge in [-0.2, -0.15) is 0 Å². The first-order valence-electron chi connectivity index (χ1n) is 10.8. The molecule has 0 bridgehead atoms. The molecule has 0 fully saturated rings. The molecule has 0 aliphatic heterocycles. The highest BCUT2D eigenvalue weighted by molar-refractivity contribution is 5.94. The predicted octanol–water partition coefficient (Wildman–Crippen LogP) is -2.21. The number of amides is 3. The monoisotopic (exact) mass is 461 g/mol. The number of carboxylic acids is 1. The number of hydrogen-bond donors (Lipinski definition) is 8. The fourth-order valence-corrected chi connectivity index (χ4v) is 2.83. The lowest BCUT2D eigenvalue weighted by atomic mass is 9.98. The first-order valence-corrected chi connectivity index (χ1v) is 10.8. The molecule has 12 heteroatoms. The number of hydrogen-bond acceptors (Lipinski definition) is 8. The zero-order chi connectivity index (χ0) is 25.0. The Morgan fingerprint density at radius 2 is 1.41 bits per heavy atom. The van der Waals surface area contributed by atoms with E-state index in [2.05, 4.69) is 16.0 Å². The Morgan fingerprint density at radius 3 is 1.84 bits per heavy atom. The number of nitrogens with one attached hydrogen (secondary N) is 3. The minimum Gasteiger partial charge on any atom is -0.480 e. The van der Waals surface area contributed by atoms with E-state index in [4.69, 9.17) is 11.5 Å². The van der Waals surface area contributed by atoms with Crippen LogP contribution < -0.4 is 27.4 Å². The van der Waals surface area contributed by atoms with E-state index in [1.165, 1.54) is 13.8 Å². The Bertz CT molecular complexity index is 629. The second-order valence-corrected chi connectivity index (χ2v) is 8.05. The summed E-state index contributed by atoms with van der Waals surface area (Å²) in [6.07, 6.45) is -0.753. The molecule has 0 spiro atoms. The van der Waals surface area contributed by atoms with Gasteiger partial charge in [0.25, 0.3) is 0 Å². The third kappa shape index (κ3) is 9.90. The molecule has 3 amide bonds. The van der Waals surface area contributed by atoms with Crippen LogP contribution in [0.1, 0.15) is 53.4 Å². The Morgan fingerprint density at radius 1 is 0.844 bits per heavy atom. The molecule has 12 nitrogen and oxygen atoms in total. The highest BCUT2D eigenvalue weighted by atomic mass is 16.4. The van der Waals surface area contributed by atoms with Crippen molar-refractivity contribution in [3.63, 3.8) is 0 Å². The number of rotatable bonds is 15. The topological polar surface area (TPSA) is 217 Å². The normalized spacial score (nSPS) is 17.8. The van der Waals surface area contributed by atoms with Crippen LogP contribution in [0, 0.1) is 5.92 Å². The van der Waals surface area contributed by atoms with Crippen molar-refractivity contribution in [1.82, 2.24) is 16.0 Å². The van der Waals surface area contributed by atoms with Gasteiger partial charge in [0, 0.05) is 0 Å². The quantitative estimate of drug-likeness (QED) is 0.124. The molecule has 0 radical (unpaired) electrons. The van der Waals surface area contributed by atoms with Crippen LogP contribution in [0.4, 0.5) is 0 Å². The Hall–Kier alpha value is -2.28. The summed E-state index contributed by atoms with van der Waals surface area (Å²) in [5.74, 6) is -4.00. The van der Waals surface area contributed by atoms with Crippen molar-refractivity contribution in [1.29, 1.82) is 0 Å². The summed E-state index contributed by atoms with van der Waals surface area (Å²) >= 11 is 0. The van der Waals surface area contributed by atoms with Crippen molar-refractivity contribution < 1.29 is 34.5 Å². The van der Waals surface area contributed by atoms with Crippen LogP contribution in [0.15, 0.2) is 0 Å². The number of nitrogens with two attached hydrogens (primary N) is 2. The molecule has 32 heavy (non-hydrogen) atoms. The zero-order valence-electron chi connectivity index (χ0n) is 19.2. The molecular weight excluding hydrogens is 422 g/mol. The van der Waals surface area contributed by atoms with Crippen molar-refractivity contribution >= 4 is 23.7 Å². The van der Waals surface area contributed by atoms with Crippen LogP contribution in [0.3, 0.4) is 0 Å². The van der Waals surface area contributed by atoms with E-state index in [1.807, 2.05) is 0 Å². The first kappa shape index (κ1) is 29.7. The lowest BCUT2D eigenvalue weighted by molar-refractivity contribution is -0.144. The fourth-order valence-electron chi connectivity index (χ4n) is 2.83. The highest BCUT2D eigenvalue weighted by Gasteiger charge is 2.34. The predicted molar refractivity (Wildman–Crippen MR) is 117 cm³/mol. The first-order chi connectivity index (χ1) is 14.9. The van der Waals surface area contributed by atoms with Gasteiger partial charge in [0.15, 0.2) is 0 Å². The van der Waals surface area contributed by atoms with Crippen LogP contribution in [-0.2, 0) is 19.2 Å². The molecule has 0 saturated heterocycles. The third-order valence-corrected chi connectivity index (χ3v) is 5.24. The Balaban J connectivity index is 5.47. The van der Waals surface area contributed by atoms with Crippen molar-refractivity contribution in [3.8, 4) is 0 Å². The molecule has 7 unspecified atom stereocenters. The molecule has 186 valence electrons. The number of aliphatic carboxylic acids is 1. The van der Waals surface area contributed by atoms with Crippen LogP contribution in [-0.4, -0.2) is 81.9 Å². The Kier molecular flexibility index (Phi) is 13.7. The van der Waals surface area contributed by atoms with Gasteiger partial charge >= 0.3 is 5.97 Å². The van der Waals surface area contributed by atoms with Gasteiger partial charge in [0.05, 0.1) is 12.2 Å². The summed E-state index contributed by atoms with van der Waals surface area (Å²) in [5.41, 5.74) is 11.1. The Labute approximate surface area is 188 Å². The zero-order valence-corrected chi connectivity index (χ0v) is 19.2. The second kappa shape index (κ2) is 14.7. The van der Waals surface area contributed by atoms with E-state index in [1.54, 1.807) is 13.8 Å². The molecule has 10 N–H and O–H groups in total. The summed E-state index contributed by atoms with van der Waals surface area (Å²) in [5, 5.41) is 36.1. The molecule has 0 aromatic carbocycles. The number of carboxylic acid groups (broad SMARTS) is 1. The minimum absolute atomic E-state index is 0.181. The second-order valence-electron chi connectivity index (χ2n) is 8.05. The molecule has 7 atom stereocenters. The average molecular weight is 462 g/mol. The summed E-state index contributed by atoms with van der Waals surface area (Å²) in [6.45, 7) is 6.41. The van der Waals surface area contributed by atoms with Crippen molar-refractivity contribution in [3.05, 3.63) is 0 Å². The SMILES string of the molecule is CCC(C)C(NC(=O)C(NC(=O)C(CCCCN)NC(=O)C(N)C(C)O)C(C)O)C(=O)O. The average Bonchev–Trinajstić information content (AvgIpc) is 2.72. The number of unbranched alkanes of at least 4 members (excludes halogenated alkanes) is 1. The molecule has 0 aliphatic rings. The summed E-state index contributed by atoms with van der Waals surface area (Å²) < 4.78 is 0. The van der Waals surface area contributed by atoms with Gasteiger partial charge in [-0.1, -0.05) is 20.3 Å². The standard InChI is InChI=1S/C20H39N5O7/c1-5-10(2)15(20(31)32)24-19(30)16(12(4)27)25-17(28)13(8-6-7-9-21)23-18(29)14(22)11(3)26/h10-16,26-27H,5-9,21-22H2,1-4H3,(H,23,29)(H,24,30)(H,25,28)(H,31,32). The maximum atomic E-state index is 12.8. The summed E-state index contributed by atoms with van der Waals surface area (Å²) in [6, 6.07) is -5.01. The van der Waals surface area contributed by atoms with E-state index >= 15 is 0 Å². The molecule has 0 heterocycles. The molecule has 0 aromatic rings. The van der Waals surface area contributed by atoms with Crippen molar-refractivity contribution in [2.45, 2.75) is 89.8 Å². The van der Waals surface area contributed by atoms with Gasteiger partial charge in [-0.05, 0) is 45.6 Å². The van der Waals surface area contributed by atoms with Gasteiger partial charge in [-0.25, -0.2) is 4.79 Å². The van der Waals surface area contributed by atoms with Gasteiger partial charge < -0.3 is 42.7 Å². The number of carbonyl (C=O) groups excluding carboxylic acids is 3. The van der Waals surface area contributed by atoms with Crippen LogP contribution in [0.2, 0.25) is 0 Å². The summed E-state index contributed by atoms with van der Waals surface area (Å²) in [4.78, 5) is 49.2. The van der Waals surface area contributed by atoms with Gasteiger partial charge in [0.2, 0.25) is 17.7 Å². The van der Waals surface area contributed by atoms with Crippen LogP contribution in [0.25, 0.3) is 0 Å². The minimum atomic E-state index is -1.45. The largest absolute Gasteiger partial charge is 0.480 e. The third-order valence-electron chi connectivity index (χ3n) is 5.24. The van der Waals surface area contributed by atoms with Gasteiger partial charge in [-0.15, -0.1) is 0 Å². The lowest BCUT2D eigenvalue weighted by Crippen LogP contribution is -2.60. The van der Waals surface area contributed by atoms with Crippen molar-refractivity contribution in [2.75, 3.05) is 6.54 Å². The van der Waals surface area contributed by atoms with E-state index in [0.29, 0.717) is 25.8 Å².